The first-order chi connectivity index (χ1) is 15.4. The Balaban J connectivity index is 1.95. The molecule has 0 aromatic heterocycles. The number of nitrogens with one attached hydrogen (secondary N) is 1. The summed E-state index contributed by atoms with van der Waals surface area (Å²) in [6, 6.07) is 14.8. The highest BCUT2D eigenvalue weighted by Crippen LogP contribution is 2.34. The number of sulfonamides is 1. The van der Waals surface area contributed by atoms with Gasteiger partial charge in [0.05, 0.1) is 26.9 Å². The molecule has 0 heterocycles. The van der Waals surface area contributed by atoms with E-state index >= 15 is 0 Å². The van der Waals surface area contributed by atoms with E-state index in [1.54, 1.807) is 31.2 Å². The normalized spacial score (nSPS) is 11.8. The van der Waals surface area contributed by atoms with Crippen molar-refractivity contribution in [2.45, 2.75) is 18.0 Å². The standard InChI is InChI=1S/C22H17BrClF3N2O3S/c1-14-2-9-18(10-3-14)33(31,32)29(17-7-5-16(23)6-8-17)13-21(30)28-20-12-15(22(25,26)27)4-11-19(20)24/h2-12H,13H2,1H3,(H,28,30). The Morgan fingerprint density at radius 3 is 2.21 bits per heavy atom. The average molecular weight is 562 g/mol. The summed E-state index contributed by atoms with van der Waals surface area (Å²) in [6.45, 7) is 1.11. The summed E-state index contributed by atoms with van der Waals surface area (Å²) < 4.78 is 67.3. The van der Waals surface area contributed by atoms with E-state index in [0.29, 0.717) is 10.5 Å². The summed E-state index contributed by atoms with van der Waals surface area (Å²) in [5.41, 5.74) is -0.232. The molecule has 0 aliphatic carbocycles. The van der Waals surface area contributed by atoms with Crippen molar-refractivity contribution in [3.05, 3.63) is 87.4 Å². The zero-order chi connectivity index (χ0) is 24.4. The Kier molecular flexibility index (Phi) is 7.40. The summed E-state index contributed by atoms with van der Waals surface area (Å²) in [5, 5.41) is 2.16. The second-order valence-electron chi connectivity index (χ2n) is 7.04. The van der Waals surface area contributed by atoms with E-state index in [-0.39, 0.29) is 21.3 Å². The molecule has 0 saturated carbocycles. The monoisotopic (exact) mass is 560 g/mol. The number of hydrogen-bond acceptors (Lipinski definition) is 3. The summed E-state index contributed by atoms with van der Waals surface area (Å²) in [5.74, 6) is -0.866. The van der Waals surface area contributed by atoms with Crippen LogP contribution in [-0.2, 0) is 21.0 Å². The van der Waals surface area contributed by atoms with Gasteiger partial charge in [0.15, 0.2) is 0 Å². The molecule has 33 heavy (non-hydrogen) atoms. The second kappa shape index (κ2) is 9.74. The van der Waals surface area contributed by atoms with Crippen LogP contribution in [0.5, 0.6) is 0 Å². The lowest BCUT2D eigenvalue weighted by Crippen LogP contribution is -2.38. The van der Waals surface area contributed by atoms with Gasteiger partial charge in [0.25, 0.3) is 10.0 Å². The zero-order valence-electron chi connectivity index (χ0n) is 17.0. The zero-order valence-corrected chi connectivity index (χ0v) is 20.2. The second-order valence-corrected chi connectivity index (χ2v) is 10.2. The molecule has 0 fully saturated rings. The van der Waals surface area contributed by atoms with Crippen LogP contribution in [0.3, 0.4) is 0 Å². The van der Waals surface area contributed by atoms with E-state index in [9.17, 15) is 26.4 Å². The lowest BCUT2D eigenvalue weighted by atomic mass is 10.2. The topological polar surface area (TPSA) is 66.5 Å². The maximum absolute atomic E-state index is 13.3. The first-order valence-corrected chi connectivity index (χ1v) is 12.0. The van der Waals surface area contributed by atoms with Gasteiger partial charge in [-0.15, -0.1) is 0 Å². The molecule has 3 aromatic rings. The van der Waals surface area contributed by atoms with E-state index < -0.39 is 34.2 Å². The number of carbonyl (C=O) groups excluding carboxylic acids is 1. The lowest BCUT2D eigenvalue weighted by molar-refractivity contribution is -0.137. The van der Waals surface area contributed by atoms with Crippen LogP contribution in [-0.4, -0.2) is 20.9 Å². The van der Waals surface area contributed by atoms with Gasteiger partial charge in [-0.25, -0.2) is 8.42 Å². The fourth-order valence-corrected chi connectivity index (χ4v) is 4.73. The highest BCUT2D eigenvalue weighted by molar-refractivity contribution is 9.10. The molecule has 3 aromatic carbocycles. The van der Waals surface area contributed by atoms with Crippen LogP contribution < -0.4 is 9.62 Å². The quantitative estimate of drug-likeness (QED) is 0.386. The van der Waals surface area contributed by atoms with E-state index in [1.807, 2.05) is 0 Å². The van der Waals surface area contributed by atoms with Crippen molar-refractivity contribution in [3.63, 3.8) is 0 Å². The highest BCUT2D eigenvalue weighted by atomic mass is 79.9. The molecule has 174 valence electrons. The summed E-state index contributed by atoms with van der Waals surface area (Å²) in [7, 11) is -4.17. The molecule has 3 rings (SSSR count). The predicted octanol–water partition coefficient (Wildman–Crippen LogP) is 6.26. The average Bonchev–Trinajstić information content (AvgIpc) is 2.74. The third kappa shape index (κ3) is 6.07. The summed E-state index contributed by atoms with van der Waals surface area (Å²) in [4.78, 5) is 12.7. The molecule has 5 nitrogen and oxygen atoms in total. The molecule has 0 spiro atoms. The van der Waals surface area contributed by atoms with Gasteiger partial charge in [0.1, 0.15) is 6.54 Å². The number of halogens is 5. The van der Waals surface area contributed by atoms with Crippen LogP contribution >= 0.6 is 27.5 Å². The van der Waals surface area contributed by atoms with Crippen LogP contribution in [0, 0.1) is 6.92 Å². The first kappa shape index (κ1) is 25.1. The van der Waals surface area contributed by atoms with Crippen molar-refractivity contribution in [2.24, 2.45) is 0 Å². The molecule has 1 N–H and O–H groups in total. The van der Waals surface area contributed by atoms with Crippen LogP contribution in [0.15, 0.2) is 76.1 Å². The van der Waals surface area contributed by atoms with Gasteiger partial charge in [0, 0.05) is 4.47 Å². The Morgan fingerprint density at radius 2 is 1.64 bits per heavy atom. The van der Waals surface area contributed by atoms with Crippen molar-refractivity contribution < 1.29 is 26.4 Å². The largest absolute Gasteiger partial charge is 0.416 e. The maximum Gasteiger partial charge on any atom is 0.416 e. The van der Waals surface area contributed by atoms with Crippen molar-refractivity contribution in [2.75, 3.05) is 16.2 Å². The minimum absolute atomic E-state index is 0.0408. The summed E-state index contributed by atoms with van der Waals surface area (Å²) >= 11 is 9.21. The van der Waals surface area contributed by atoms with E-state index in [1.165, 1.54) is 24.3 Å². The van der Waals surface area contributed by atoms with Gasteiger partial charge in [0.2, 0.25) is 5.91 Å². The predicted molar refractivity (Wildman–Crippen MR) is 125 cm³/mol. The number of aryl methyl sites for hydroxylation is 1. The Bertz CT molecular complexity index is 1270. The number of alkyl halides is 3. The van der Waals surface area contributed by atoms with Gasteiger partial charge in [-0.3, -0.25) is 9.10 Å². The Hall–Kier alpha value is -2.56. The maximum atomic E-state index is 13.3. The minimum atomic E-state index is -4.64. The van der Waals surface area contributed by atoms with E-state index in [0.717, 1.165) is 22.0 Å². The number of rotatable bonds is 6. The van der Waals surface area contributed by atoms with Crippen molar-refractivity contribution in [3.8, 4) is 0 Å². The number of hydrogen-bond donors (Lipinski definition) is 1. The van der Waals surface area contributed by atoms with Crippen molar-refractivity contribution in [1.82, 2.24) is 0 Å². The fourth-order valence-electron chi connectivity index (χ4n) is 2.88. The van der Waals surface area contributed by atoms with Crippen LogP contribution in [0.4, 0.5) is 24.5 Å². The third-order valence-electron chi connectivity index (χ3n) is 4.58. The molecule has 11 heteroatoms. The molecule has 0 aliphatic rings. The van der Waals surface area contributed by atoms with Crippen molar-refractivity contribution in [1.29, 1.82) is 0 Å². The molecule has 1 amide bonds. The molecular formula is C22H17BrClF3N2O3S. The smallest absolute Gasteiger partial charge is 0.323 e. The van der Waals surface area contributed by atoms with E-state index in [2.05, 4.69) is 21.2 Å². The third-order valence-corrected chi connectivity index (χ3v) is 7.22. The van der Waals surface area contributed by atoms with Crippen LogP contribution in [0.1, 0.15) is 11.1 Å². The van der Waals surface area contributed by atoms with Gasteiger partial charge in [-0.2, -0.15) is 13.2 Å². The molecule has 0 radical (unpaired) electrons. The number of benzene rings is 3. The minimum Gasteiger partial charge on any atom is -0.323 e. The fraction of sp³-hybridized carbons (Fsp3) is 0.136. The Morgan fingerprint density at radius 1 is 1.03 bits per heavy atom. The first-order valence-electron chi connectivity index (χ1n) is 9.39. The molecule has 0 bridgehead atoms. The van der Waals surface area contributed by atoms with E-state index in [4.69, 9.17) is 11.6 Å². The van der Waals surface area contributed by atoms with Crippen molar-refractivity contribution >= 4 is 54.8 Å². The van der Waals surface area contributed by atoms with Crippen LogP contribution in [0.2, 0.25) is 5.02 Å². The van der Waals surface area contributed by atoms with Gasteiger partial charge in [-0.1, -0.05) is 45.2 Å². The van der Waals surface area contributed by atoms with Gasteiger partial charge >= 0.3 is 6.18 Å². The summed E-state index contributed by atoms with van der Waals surface area (Å²) in [6.07, 6.45) is -4.64. The van der Waals surface area contributed by atoms with Gasteiger partial charge in [-0.05, 0) is 61.5 Å². The molecule has 0 aliphatic heterocycles. The van der Waals surface area contributed by atoms with Gasteiger partial charge < -0.3 is 5.32 Å². The molecule has 0 unspecified atom stereocenters. The highest BCUT2D eigenvalue weighted by Gasteiger charge is 2.32. The lowest BCUT2D eigenvalue weighted by Gasteiger charge is -2.24. The number of amides is 1. The van der Waals surface area contributed by atoms with Crippen LogP contribution in [0.25, 0.3) is 0 Å². The molecular weight excluding hydrogens is 545 g/mol. The number of nitrogens with zero attached hydrogens (tertiary/aromatic N) is 1. The molecule has 0 saturated heterocycles. The number of anilines is 2. The number of carbonyl (C=O) groups is 1. The SMILES string of the molecule is Cc1ccc(S(=O)(=O)N(CC(=O)Nc2cc(C(F)(F)F)ccc2Cl)c2ccc(Br)cc2)cc1. The Labute approximate surface area is 202 Å². The molecule has 0 atom stereocenters.